The van der Waals surface area contributed by atoms with Crippen molar-refractivity contribution in [1.29, 1.82) is 0 Å². The lowest BCUT2D eigenvalue weighted by Gasteiger charge is -2.21. The molecule has 0 aliphatic heterocycles. The summed E-state index contributed by atoms with van der Waals surface area (Å²) in [7, 11) is 0. The molecule has 0 bridgehead atoms. The number of nitrogens with zero attached hydrogens (tertiary/aromatic N) is 1. The van der Waals surface area contributed by atoms with Crippen molar-refractivity contribution >= 4 is 11.4 Å². The van der Waals surface area contributed by atoms with Crippen LogP contribution in [0.25, 0.3) is 0 Å². The number of nitrogens with one attached hydrogen (secondary N) is 1. The molecule has 0 heterocycles. The van der Waals surface area contributed by atoms with Crippen molar-refractivity contribution in [2.75, 3.05) is 11.9 Å². The third kappa shape index (κ3) is 4.72. The Morgan fingerprint density at radius 1 is 1.30 bits per heavy atom. The van der Waals surface area contributed by atoms with Crippen LogP contribution >= 0.6 is 0 Å². The van der Waals surface area contributed by atoms with Crippen molar-refractivity contribution in [2.45, 2.75) is 46.6 Å². The highest BCUT2D eigenvalue weighted by Crippen LogP contribution is 2.27. The van der Waals surface area contributed by atoms with Gasteiger partial charge in [0.05, 0.1) is 17.6 Å². The van der Waals surface area contributed by atoms with Gasteiger partial charge in [-0.15, -0.1) is 0 Å². The summed E-state index contributed by atoms with van der Waals surface area (Å²) in [6.45, 7) is 8.93. The SMILES string of the molecule is CCCOc1cc(NC(C)C(C)CC)cc([N+](=O)[O-])c1. The predicted molar refractivity (Wildman–Crippen MR) is 81.4 cm³/mol. The minimum absolute atomic E-state index is 0.0532. The molecule has 1 aromatic carbocycles. The largest absolute Gasteiger partial charge is 0.493 e. The molecule has 5 heteroatoms. The zero-order valence-electron chi connectivity index (χ0n) is 12.7. The third-order valence-corrected chi connectivity index (χ3v) is 3.47. The number of rotatable bonds is 8. The Bertz CT molecular complexity index is 449. The summed E-state index contributed by atoms with van der Waals surface area (Å²) in [6.07, 6.45) is 1.93. The van der Waals surface area contributed by atoms with E-state index in [0.717, 1.165) is 18.5 Å². The molecule has 112 valence electrons. The Morgan fingerprint density at radius 3 is 2.55 bits per heavy atom. The van der Waals surface area contributed by atoms with Crippen LogP contribution in [-0.4, -0.2) is 17.6 Å². The second-order valence-electron chi connectivity index (χ2n) is 5.14. The molecule has 20 heavy (non-hydrogen) atoms. The zero-order valence-corrected chi connectivity index (χ0v) is 12.7. The number of nitro benzene ring substituents is 1. The van der Waals surface area contributed by atoms with Gasteiger partial charge in [-0.3, -0.25) is 10.1 Å². The summed E-state index contributed by atoms with van der Waals surface area (Å²) in [5.41, 5.74) is 0.788. The van der Waals surface area contributed by atoms with Crippen LogP contribution in [0.2, 0.25) is 0 Å². The van der Waals surface area contributed by atoms with Gasteiger partial charge in [-0.05, 0) is 19.3 Å². The molecule has 0 saturated carbocycles. The van der Waals surface area contributed by atoms with Gasteiger partial charge in [-0.2, -0.15) is 0 Å². The summed E-state index contributed by atoms with van der Waals surface area (Å²) in [5.74, 6) is 1.04. The highest BCUT2D eigenvalue weighted by atomic mass is 16.6. The van der Waals surface area contributed by atoms with Crippen LogP contribution in [-0.2, 0) is 0 Å². The summed E-state index contributed by atoms with van der Waals surface area (Å²) in [5, 5.41) is 14.3. The second-order valence-corrected chi connectivity index (χ2v) is 5.14. The number of hydrogen-bond acceptors (Lipinski definition) is 4. The molecule has 1 aromatic rings. The summed E-state index contributed by atoms with van der Waals surface area (Å²) in [6, 6.07) is 5.09. The molecule has 1 N–H and O–H groups in total. The van der Waals surface area contributed by atoms with E-state index >= 15 is 0 Å². The average molecular weight is 280 g/mol. The first-order chi connectivity index (χ1) is 9.47. The standard InChI is InChI=1S/C15H24N2O3/c1-5-7-20-15-9-13(8-14(10-15)17(18)19)16-12(4)11(3)6-2/h8-12,16H,5-7H2,1-4H3. The minimum Gasteiger partial charge on any atom is -0.493 e. The van der Waals surface area contributed by atoms with Crippen LogP contribution in [0.15, 0.2) is 18.2 Å². The summed E-state index contributed by atoms with van der Waals surface area (Å²) >= 11 is 0. The lowest BCUT2D eigenvalue weighted by atomic mass is 10.0. The van der Waals surface area contributed by atoms with Gasteiger partial charge < -0.3 is 10.1 Å². The van der Waals surface area contributed by atoms with Gasteiger partial charge in [0.25, 0.3) is 5.69 Å². The Morgan fingerprint density at radius 2 is 2.00 bits per heavy atom. The maximum Gasteiger partial charge on any atom is 0.275 e. The fraction of sp³-hybridized carbons (Fsp3) is 0.600. The minimum atomic E-state index is -0.391. The van der Waals surface area contributed by atoms with Crippen LogP contribution in [0.4, 0.5) is 11.4 Å². The van der Waals surface area contributed by atoms with E-state index in [-0.39, 0.29) is 11.7 Å². The van der Waals surface area contributed by atoms with Gasteiger partial charge in [-0.25, -0.2) is 0 Å². The van der Waals surface area contributed by atoms with Crippen molar-refractivity contribution in [2.24, 2.45) is 5.92 Å². The lowest BCUT2D eigenvalue weighted by molar-refractivity contribution is -0.384. The molecule has 2 atom stereocenters. The fourth-order valence-corrected chi connectivity index (χ4v) is 1.83. The summed E-state index contributed by atoms with van der Waals surface area (Å²) in [4.78, 5) is 10.6. The van der Waals surface area contributed by atoms with Gasteiger partial charge in [-0.1, -0.05) is 27.2 Å². The third-order valence-electron chi connectivity index (χ3n) is 3.47. The first kappa shape index (κ1) is 16.3. The zero-order chi connectivity index (χ0) is 15.1. The molecule has 0 radical (unpaired) electrons. The lowest BCUT2D eigenvalue weighted by Crippen LogP contribution is -2.23. The molecular weight excluding hydrogens is 256 g/mol. The number of anilines is 1. The monoisotopic (exact) mass is 280 g/mol. The van der Waals surface area contributed by atoms with Crippen molar-refractivity contribution in [3.8, 4) is 5.75 Å². The van der Waals surface area contributed by atoms with E-state index in [9.17, 15) is 10.1 Å². The second kappa shape index (κ2) is 7.72. The molecule has 0 spiro atoms. The highest BCUT2D eigenvalue weighted by molar-refractivity contribution is 5.56. The van der Waals surface area contributed by atoms with Crippen LogP contribution < -0.4 is 10.1 Å². The Kier molecular flexibility index (Phi) is 6.28. The number of non-ortho nitro benzene ring substituents is 1. The maximum absolute atomic E-state index is 11.0. The Hall–Kier alpha value is -1.78. The highest BCUT2D eigenvalue weighted by Gasteiger charge is 2.14. The molecule has 0 aliphatic carbocycles. The molecule has 1 rings (SSSR count). The van der Waals surface area contributed by atoms with Crippen LogP contribution in [0.3, 0.4) is 0 Å². The van der Waals surface area contributed by atoms with E-state index in [2.05, 4.69) is 26.1 Å². The topological polar surface area (TPSA) is 64.4 Å². The van der Waals surface area contributed by atoms with Crippen molar-refractivity contribution < 1.29 is 9.66 Å². The van der Waals surface area contributed by atoms with Crippen LogP contribution in [0, 0.1) is 16.0 Å². The predicted octanol–water partition coefficient (Wildman–Crippen LogP) is 4.23. The fourth-order valence-electron chi connectivity index (χ4n) is 1.83. The van der Waals surface area contributed by atoms with Crippen molar-refractivity contribution in [3.05, 3.63) is 28.3 Å². The van der Waals surface area contributed by atoms with E-state index < -0.39 is 4.92 Å². The summed E-state index contributed by atoms with van der Waals surface area (Å²) < 4.78 is 5.51. The van der Waals surface area contributed by atoms with Crippen LogP contribution in [0.1, 0.15) is 40.5 Å². The van der Waals surface area contributed by atoms with E-state index in [0.29, 0.717) is 18.3 Å². The first-order valence-electron chi connectivity index (χ1n) is 7.16. The van der Waals surface area contributed by atoms with Crippen LogP contribution in [0.5, 0.6) is 5.75 Å². The molecule has 0 saturated heterocycles. The number of benzene rings is 1. The average Bonchev–Trinajstić information content (AvgIpc) is 2.43. The van der Waals surface area contributed by atoms with E-state index in [1.807, 2.05) is 13.0 Å². The molecule has 5 nitrogen and oxygen atoms in total. The smallest absolute Gasteiger partial charge is 0.275 e. The van der Waals surface area contributed by atoms with Gasteiger partial charge in [0.15, 0.2) is 0 Å². The molecular formula is C15H24N2O3. The first-order valence-corrected chi connectivity index (χ1v) is 7.16. The van der Waals surface area contributed by atoms with Gasteiger partial charge in [0, 0.05) is 23.9 Å². The van der Waals surface area contributed by atoms with Crippen molar-refractivity contribution in [1.82, 2.24) is 0 Å². The van der Waals surface area contributed by atoms with E-state index in [4.69, 9.17) is 4.74 Å². The Balaban J connectivity index is 2.93. The van der Waals surface area contributed by atoms with Gasteiger partial charge >= 0.3 is 0 Å². The number of hydrogen-bond donors (Lipinski definition) is 1. The normalized spacial score (nSPS) is 13.6. The van der Waals surface area contributed by atoms with Crippen molar-refractivity contribution in [3.63, 3.8) is 0 Å². The number of nitro groups is 1. The molecule has 0 aliphatic rings. The molecule has 2 unspecified atom stereocenters. The van der Waals surface area contributed by atoms with E-state index in [1.165, 1.54) is 6.07 Å². The van der Waals surface area contributed by atoms with Gasteiger partial charge in [0.2, 0.25) is 0 Å². The quantitative estimate of drug-likeness (QED) is 0.571. The maximum atomic E-state index is 11.0. The number of ether oxygens (including phenoxy) is 1. The molecule has 0 aromatic heterocycles. The molecule has 0 fully saturated rings. The van der Waals surface area contributed by atoms with E-state index in [1.54, 1.807) is 6.07 Å². The van der Waals surface area contributed by atoms with Gasteiger partial charge in [0.1, 0.15) is 5.75 Å². The Labute approximate surface area is 120 Å². The molecule has 0 amide bonds.